The Kier molecular flexibility index (Phi) is 7.61. The summed E-state index contributed by atoms with van der Waals surface area (Å²) in [5, 5.41) is 15.0. The fraction of sp³-hybridized carbons (Fsp3) is 0.167. The molecular weight excluding hydrogens is 470 g/mol. The first-order valence-electron chi connectivity index (χ1n) is 10.5. The normalized spacial score (nSPS) is 10.6. The van der Waals surface area contributed by atoms with Crippen molar-refractivity contribution in [3.8, 4) is 0 Å². The van der Waals surface area contributed by atoms with Crippen molar-refractivity contribution in [1.29, 1.82) is 0 Å². The van der Waals surface area contributed by atoms with Gasteiger partial charge in [0.15, 0.2) is 4.34 Å². The van der Waals surface area contributed by atoms with E-state index in [1.165, 1.54) is 28.0 Å². The molecule has 4 aromatic rings. The number of thioether (sulfide) groups is 1. The van der Waals surface area contributed by atoms with Crippen molar-refractivity contribution < 1.29 is 14.0 Å². The molecule has 2 heterocycles. The number of benzene rings is 2. The standard InChI is InChI=1S/C24H23N5O3S2/c1-16-7-5-8-17(13-16)26-23-27-28-24(34-23)33-15-21(30)29(2)20-11-4-3-10-19(20)22(31)25-14-18-9-6-12-32-18/h3-13H,14-15H2,1-2H3,(H,25,31)(H,26,27). The Hall–Kier alpha value is -3.63. The van der Waals surface area contributed by atoms with Gasteiger partial charge in [-0.2, -0.15) is 0 Å². The molecule has 2 amide bonds. The number of hydrogen-bond donors (Lipinski definition) is 2. The molecule has 0 aliphatic rings. The monoisotopic (exact) mass is 493 g/mol. The zero-order chi connectivity index (χ0) is 23.9. The Morgan fingerprint density at radius 1 is 1.09 bits per heavy atom. The zero-order valence-electron chi connectivity index (χ0n) is 18.6. The van der Waals surface area contributed by atoms with E-state index >= 15 is 0 Å². The van der Waals surface area contributed by atoms with Gasteiger partial charge in [0.25, 0.3) is 5.91 Å². The number of anilines is 3. The van der Waals surface area contributed by atoms with Crippen LogP contribution >= 0.6 is 23.1 Å². The number of rotatable bonds is 9. The predicted molar refractivity (Wildman–Crippen MR) is 135 cm³/mol. The molecule has 0 saturated heterocycles. The average Bonchev–Trinajstić information content (AvgIpc) is 3.53. The van der Waals surface area contributed by atoms with Gasteiger partial charge in [0, 0.05) is 12.7 Å². The fourth-order valence-electron chi connectivity index (χ4n) is 3.15. The molecule has 34 heavy (non-hydrogen) atoms. The number of nitrogens with zero attached hydrogens (tertiary/aromatic N) is 3. The first-order valence-corrected chi connectivity index (χ1v) is 12.3. The second-order valence-electron chi connectivity index (χ2n) is 7.39. The molecule has 4 rings (SSSR count). The molecule has 0 aliphatic heterocycles. The molecule has 2 N–H and O–H groups in total. The van der Waals surface area contributed by atoms with Gasteiger partial charge in [-0.15, -0.1) is 10.2 Å². The highest BCUT2D eigenvalue weighted by atomic mass is 32.2. The molecule has 0 saturated carbocycles. The largest absolute Gasteiger partial charge is 0.467 e. The van der Waals surface area contributed by atoms with E-state index < -0.39 is 0 Å². The molecule has 0 aliphatic carbocycles. The molecule has 0 radical (unpaired) electrons. The summed E-state index contributed by atoms with van der Waals surface area (Å²) in [7, 11) is 1.66. The lowest BCUT2D eigenvalue weighted by Crippen LogP contribution is -2.31. The summed E-state index contributed by atoms with van der Waals surface area (Å²) in [5.74, 6) is 0.382. The van der Waals surface area contributed by atoms with Crippen molar-refractivity contribution in [3.63, 3.8) is 0 Å². The van der Waals surface area contributed by atoms with Crippen LogP contribution in [0, 0.1) is 6.92 Å². The highest BCUT2D eigenvalue weighted by Crippen LogP contribution is 2.29. The van der Waals surface area contributed by atoms with Crippen LogP contribution in [-0.4, -0.2) is 34.8 Å². The van der Waals surface area contributed by atoms with E-state index in [-0.39, 0.29) is 24.1 Å². The van der Waals surface area contributed by atoms with Gasteiger partial charge in [-0.25, -0.2) is 0 Å². The van der Waals surface area contributed by atoms with E-state index in [4.69, 9.17) is 4.42 Å². The van der Waals surface area contributed by atoms with E-state index in [0.29, 0.717) is 26.5 Å². The van der Waals surface area contributed by atoms with Gasteiger partial charge in [0.1, 0.15) is 5.76 Å². The van der Waals surface area contributed by atoms with Gasteiger partial charge in [0.2, 0.25) is 11.0 Å². The lowest BCUT2D eigenvalue weighted by Gasteiger charge is -2.20. The third kappa shape index (κ3) is 6.03. The number of amides is 2. The molecule has 0 spiro atoms. The minimum atomic E-state index is -0.282. The number of aryl methyl sites for hydroxylation is 1. The lowest BCUT2D eigenvalue weighted by molar-refractivity contribution is -0.115. The fourth-order valence-corrected chi connectivity index (χ4v) is 4.84. The number of aromatic nitrogens is 2. The van der Waals surface area contributed by atoms with Crippen molar-refractivity contribution in [2.45, 2.75) is 17.8 Å². The van der Waals surface area contributed by atoms with Crippen LogP contribution in [0.25, 0.3) is 0 Å². The highest BCUT2D eigenvalue weighted by molar-refractivity contribution is 8.01. The van der Waals surface area contributed by atoms with Crippen molar-refractivity contribution >= 4 is 51.4 Å². The molecule has 0 fully saturated rings. The summed E-state index contributed by atoms with van der Waals surface area (Å²) in [6.07, 6.45) is 1.55. The van der Waals surface area contributed by atoms with Crippen LogP contribution in [0.4, 0.5) is 16.5 Å². The molecule has 0 atom stereocenters. The third-order valence-electron chi connectivity index (χ3n) is 4.88. The van der Waals surface area contributed by atoms with Gasteiger partial charge in [0.05, 0.1) is 29.8 Å². The maximum Gasteiger partial charge on any atom is 0.253 e. The van der Waals surface area contributed by atoms with Gasteiger partial charge in [-0.05, 0) is 48.9 Å². The topological polar surface area (TPSA) is 100 Å². The van der Waals surface area contributed by atoms with Gasteiger partial charge < -0.3 is 20.0 Å². The molecule has 10 heteroatoms. The maximum absolute atomic E-state index is 12.9. The van der Waals surface area contributed by atoms with Crippen LogP contribution in [0.15, 0.2) is 75.7 Å². The Balaban J connectivity index is 1.35. The average molecular weight is 494 g/mol. The summed E-state index contributed by atoms with van der Waals surface area (Å²) in [5.41, 5.74) is 3.03. The summed E-state index contributed by atoms with van der Waals surface area (Å²) >= 11 is 2.69. The van der Waals surface area contributed by atoms with Crippen molar-refractivity contribution in [1.82, 2.24) is 15.5 Å². The number of carbonyl (C=O) groups is 2. The molecule has 2 aromatic heterocycles. The molecule has 2 aromatic carbocycles. The van der Waals surface area contributed by atoms with Gasteiger partial charge in [-0.3, -0.25) is 9.59 Å². The number of furan rings is 1. The van der Waals surface area contributed by atoms with Crippen LogP contribution in [0.1, 0.15) is 21.7 Å². The number of hydrogen-bond acceptors (Lipinski definition) is 8. The quantitative estimate of drug-likeness (QED) is 0.321. The van der Waals surface area contributed by atoms with E-state index in [1.807, 2.05) is 31.2 Å². The van der Waals surface area contributed by atoms with Crippen LogP contribution in [-0.2, 0) is 11.3 Å². The van der Waals surface area contributed by atoms with Crippen LogP contribution in [0.3, 0.4) is 0 Å². The number of carbonyl (C=O) groups excluding carboxylic acids is 2. The predicted octanol–water partition coefficient (Wildman–Crippen LogP) is 4.87. The summed E-state index contributed by atoms with van der Waals surface area (Å²) in [6.45, 7) is 2.29. The minimum absolute atomic E-state index is 0.153. The summed E-state index contributed by atoms with van der Waals surface area (Å²) in [4.78, 5) is 27.1. The molecular formula is C24H23N5O3S2. The van der Waals surface area contributed by atoms with E-state index in [2.05, 4.69) is 20.8 Å². The van der Waals surface area contributed by atoms with Crippen LogP contribution in [0.5, 0.6) is 0 Å². The van der Waals surface area contributed by atoms with Crippen LogP contribution < -0.4 is 15.5 Å². The minimum Gasteiger partial charge on any atom is -0.467 e. The second-order valence-corrected chi connectivity index (χ2v) is 9.59. The SMILES string of the molecule is Cc1cccc(Nc2nnc(SCC(=O)N(C)c3ccccc3C(=O)NCc3ccco3)s2)c1. The number of para-hydroxylation sites is 1. The van der Waals surface area contributed by atoms with Crippen molar-refractivity contribution in [2.24, 2.45) is 0 Å². The Labute approximate surface area is 205 Å². The molecule has 174 valence electrons. The molecule has 0 bridgehead atoms. The van der Waals surface area contributed by atoms with Gasteiger partial charge in [-0.1, -0.05) is 47.4 Å². The summed E-state index contributed by atoms with van der Waals surface area (Å²) in [6, 6.07) is 18.5. The number of nitrogens with one attached hydrogen (secondary N) is 2. The zero-order valence-corrected chi connectivity index (χ0v) is 20.3. The van der Waals surface area contributed by atoms with Gasteiger partial charge >= 0.3 is 0 Å². The summed E-state index contributed by atoms with van der Waals surface area (Å²) < 4.78 is 5.94. The van der Waals surface area contributed by atoms with Crippen molar-refractivity contribution in [3.05, 3.63) is 83.8 Å². The Morgan fingerprint density at radius 3 is 2.74 bits per heavy atom. The second kappa shape index (κ2) is 11.0. The Bertz CT molecular complexity index is 1270. The van der Waals surface area contributed by atoms with E-state index in [0.717, 1.165) is 11.3 Å². The van der Waals surface area contributed by atoms with E-state index in [1.54, 1.807) is 49.7 Å². The van der Waals surface area contributed by atoms with Crippen LogP contribution in [0.2, 0.25) is 0 Å². The highest BCUT2D eigenvalue weighted by Gasteiger charge is 2.19. The smallest absolute Gasteiger partial charge is 0.253 e. The Morgan fingerprint density at radius 2 is 1.94 bits per heavy atom. The first kappa shape index (κ1) is 23.5. The molecule has 0 unspecified atom stereocenters. The first-order chi connectivity index (χ1) is 16.5. The molecule has 8 nitrogen and oxygen atoms in total. The maximum atomic E-state index is 12.9. The van der Waals surface area contributed by atoms with Crippen molar-refractivity contribution in [2.75, 3.05) is 23.0 Å². The lowest BCUT2D eigenvalue weighted by atomic mass is 10.1. The van der Waals surface area contributed by atoms with E-state index in [9.17, 15) is 9.59 Å². The third-order valence-corrected chi connectivity index (χ3v) is 6.84.